The van der Waals surface area contributed by atoms with Crippen LogP contribution in [0.5, 0.6) is 0 Å². The second kappa shape index (κ2) is 7.90. The Labute approximate surface area is 212 Å². The maximum Gasteiger partial charge on any atom is 0.185 e. The van der Waals surface area contributed by atoms with Crippen LogP contribution in [0.4, 0.5) is 0 Å². The van der Waals surface area contributed by atoms with Crippen LogP contribution < -0.4 is 0 Å². The Bertz CT molecular complexity index is 811. The van der Waals surface area contributed by atoms with Crippen molar-refractivity contribution in [1.82, 2.24) is 0 Å². The van der Waals surface area contributed by atoms with Crippen molar-refractivity contribution in [3.63, 3.8) is 0 Å². The third-order valence-corrected chi connectivity index (χ3v) is 8.98. The van der Waals surface area contributed by atoms with E-state index in [4.69, 9.17) is 0 Å². The summed E-state index contributed by atoms with van der Waals surface area (Å²) in [6, 6.07) is 0. The van der Waals surface area contributed by atoms with Crippen LogP contribution in [0.25, 0.3) is 0 Å². The van der Waals surface area contributed by atoms with Crippen molar-refractivity contribution in [2.45, 2.75) is 91.7 Å². The Morgan fingerprint density at radius 3 is 0.750 bits per heavy atom. The summed E-state index contributed by atoms with van der Waals surface area (Å²) in [4.78, 5) is 27.1. The van der Waals surface area contributed by atoms with Gasteiger partial charge in [-0.2, -0.15) is 0 Å². The largest absolute Gasteiger partial charge is 0.289 e. The number of hydrogen-bond donors (Lipinski definition) is 0. The lowest BCUT2D eigenvalue weighted by atomic mass is 9.65. The lowest BCUT2D eigenvalue weighted by Crippen LogP contribution is -2.48. The molecule has 2 rings (SSSR count). The summed E-state index contributed by atoms with van der Waals surface area (Å²) in [5.74, 6) is 0.200. The second-order valence-electron chi connectivity index (χ2n) is 13.4. The molecule has 178 valence electrons. The number of carbonyl (C=O) groups is 2. The third kappa shape index (κ3) is 5.02. The van der Waals surface area contributed by atoms with Crippen LogP contribution in [-0.2, 0) is 9.59 Å². The average molecular weight is 568 g/mol. The highest BCUT2D eigenvalue weighted by atomic mass is 79.9. The molecule has 0 spiro atoms. The topological polar surface area (TPSA) is 34.1 Å². The zero-order chi connectivity index (χ0) is 25.3. The van der Waals surface area contributed by atoms with Gasteiger partial charge >= 0.3 is 0 Å². The van der Waals surface area contributed by atoms with Gasteiger partial charge in [-0.3, -0.25) is 9.59 Å². The Balaban J connectivity index is 2.96. The van der Waals surface area contributed by atoms with Gasteiger partial charge in [0.2, 0.25) is 0 Å². The maximum atomic E-state index is 13.5. The number of carbonyl (C=O) groups excluding carboxylic acids is 2. The normalized spacial score (nSPS) is 22.2. The fourth-order valence-electron chi connectivity index (χ4n) is 4.15. The molecule has 0 atom stereocenters. The van der Waals surface area contributed by atoms with Crippen LogP contribution in [0.2, 0.25) is 0 Å². The molecule has 2 aliphatic rings. The number of rotatable bonds is 1. The van der Waals surface area contributed by atoms with E-state index in [0.717, 1.165) is 22.3 Å². The van der Waals surface area contributed by atoms with Gasteiger partial charge in [-0.1, -0.05) is 139 Å². The first-order valence-corrected chi connectivity index (χ1v) is 12.9. The molecule has 2 nitrogen and oxygen atoms in total. The summed E-state index contributed by atoms with van der Waals surface area (Å²) in [7, 11) is 0. The Hall–Kier alpha value is -0.740. The Morgan fingerprint density at radius 1 is 0.469 bits per heavy atom. The van der Waals surface area contributed by atoms with Gasteiger partial charge in [-0.05, 0) is 21.7 Å². The zero-order valence-electron chi connectivity index (χ0n) is 21.9. The SMILES string of the molecule is CC(C)(C)C1=CC(Br)(C2(Br)C=C(C(C)(C)C)C(=O)C(C(C)(C)C)=C2)C=C(C(C)(C)C)C1=O. The molecule has 0 unspecified atom stereocenters. The predicted molar refractivity (Wildman–Crippen MR) is 143 cm³/mol. The van der Waals surface area contributed by atoms with E-state index in [-0.39, 0.29) is 33.2 Å². The molecule has 0 saturated heterocycles. The first-order chi connectivity index (χ1) is 13.9. The van der Waals surface area contributed by atoms with Gasteiger partial charge in [0, 0.05) is 22.3 Å². The van der Waals surface area contributed by atoms with Crippen molar-refractivity contribution in [1.29, 1.82) is 0 Å². The minimum atomic E-state index is -0.715. The molecule has 0 aliphatic heterocycles. The smallest absolute Gasteiger partial charge is 0.185 e. The number of hydrogen-bond acceptors (Lipinski definition) is 2. The fourth-order valence-corrected chi connectivity index (χ4v) is 5.52. The zero-order valence-corrected chi connectivity index (χ0v) is 25.1. The first kappa shape index (κ1) is 27.5. The number of halogens is 2. The molecule has 0 amide bonds. The standard InChI is InChI=1S/C28H40Br2O2/c1-23(2,3)17-13-27(29,14-18(21(17)31)24(4,5)6)28(30)15-19(25(7,8)9)22(32)20(16-28)26(10,11)12/h13-16H,1-12H3. The quantitative estimate of drug-likeness (QED) is 0.298. The van der Waals surface area contributed by atoms with E-state index in [0.29, 0.717) is 0 Å². The van der Waals surface area contributed by atoms with E-state index in [1.165, 1.54) is 0 Å². The van der Waals surface area contributed by atoms with E-state index in [1.807, 2.05) is 0 Å². The second-order valence-corrected chi connectivity index (χ2v) is 16.1. The van der Waals surface area contributed by atoms with Crippen molar-refractivity contribution >= 4 is 43.4 Å². The number of allylic oxidation sites excluding steroid dienone is 8. The van der Waals surface area contributed by atoms with E-state index >= 15 is 0 Å². The minimum absolute atomic E-state index is 0.100. The van der Waals surface area contributed by atoms with Crippen LogP contribution in [0, 0.1) is 21.7 Å². The van der Waals surface area contributed by atoms with Gasteiger partial charge in [0.25, 0.3) is 0 Å². The van der Waals surface area contributed by atoms with Gasteiger partial charge in [0.15, 0.2) is 11.6 Å². The third-order valence-electron chi connectivity index (χ3n) is 6.22. The van der Waals surface area contributed by atoms with Gasteiger partial charge in [0.1, 0.15) is 0 Å². The molecule has 0 saturated carbocycles. The minimum Gasteiger partial charge on any atom is -0.289 e. The summed E-state index contributed by atoms with van der Waals surface area (Å²) in [5.41, 5.74) is 1.87. The van der Waals surface area contributed by atoms with Crippen LogP contribution in [0.1, 0.15) is 83.1 Å². The van der Waals surface area contributed by atoms with E-state index in [2.05, 4.69) is 139 Å². The van der Waals surface area contributed by atoms with E-state index in [9.17, 15) is 9.59 Å². The monoisotopic (exact) mass is 566 g/mol. The van der Waals surface area contributed by atoms with Crippen LogP contribution in [0.15, 0.2) is 46.6 Å². The average Bonchev–Trinajstić information content (AvgIpc) is 2.54. The molecule has 0 fully saturated rings. The molecule has 32 heavy (non-hydrogen) atoms. The van der Waals surface area contributed by atoms with Gasteiger partial charge in [-0.15, -0.1) is 0 Å². The van der Waals surface area contributed by atoms with Crippen molar-refractivity contribution in [2.75, 3.05) is 0 Å². The molecule has 0 bridgehead atoms. The molecule has 0 heterocycles. The molecule has 0 N–H and O–H groups in total. The van der Waals surface area contributed by atoms with Crippen molar-refractivity contribution in [2.24, 2.45) is 21.7 Å². The van der Waals surface area contributed by atoms with Crippen LogP contribution in [-0.4, -0.2) is 20.2 Å². The molecule has 0 radical (unpaired) electrons. The summed E-state index contributed by atoms with van der Waals surface area (Å²) in [6.07, 6.45) is 8.23. The van der Waals surface area contributed by atoms with E-state index in [1.54, 1.807) is 0 Å². The molecule has 0 aromatic rings. The molecule has 2 aliphatic carbocycles. The number of alkyl halides is 2. The molecule has 0 aromatic carbocycles. The van der Waals surface area contributed by atoms with Gasteiger partial charge < -0.3 is 0 Å². The number of ketones is 2. The molecular formula is C28H40Br2O2. The summed E-state index contributed by atoms with van der Waals surface area (Å²) in [6.45, 7) is 24.9. The summed E-state index contributed by atoms with van der Waals surface area (Å²) >= 11 is 8.13. The number of Topliss-reactive ketones (excluding diaryl/α,β-unsaturated/α-hetero) is 2. The van der Waals surface area contributed by atoms with Crippen molar-refractivity contribution < 1.29 is 9.59 Å². The summed E-state index contributed by atoms with van der Waals surface area (Å²) in [5, 5.41) is 0. The fraction of sp³-hybridized carbons (Fsp3) is 0.643. The van der Waals surface area contributed by atoms with Gasteiger partial charge in [-0.25, -0.2) is 0 Å². The highest BCUT2D eigenvalue weighted by Crippen LogP contribution is 2.55. The predicted octanol–water partition coefficient (Wildman–Crippen LogP) is 8.31. The van der Waals surface area contributed by atoms with Crippen molar-refractivity contribution in [3.8, 4) is 0 Å². The maximum absolute atomic E-state index is 13.5. The van der Waals surface area contributed by atoms with Crippen LogP contribution in [0.3, 0.4) is 0 Å². The van der Waals surface area contributed by atoms with Crippen molar-refractivity contribution in [3.05, 3.63) is 46.6 Å². The molecular weight excluding hydrogens is 528 g/mol. The summed E-state index contributed by atoms with van der Waals surface area (Å²) < 4.78 is -1.43. The lowest BCUT2D eigenvalue weighted by molar-refractivity contribution is -0.115. The molecule has 0 aromatic heterocycles. The van der Waals surface area contributed by atoms with E-state index < -0.39 is 8.65 Å². The van der Waals surface area contributed by atoms with Gasteiger partial charge in [0.05, 0.1) is 8.65 Å². The highest BCUT2D eigenvalue weighted by molar-refractivity contribution is 9.13. The Morgan fingerprint density at radius 2 is 0.625 bits per heavy atom. The Kier molecular flexibility index (Phi) is 6.79. The lowest BCUT2D eigenvalue weighted by Gasteiger charge is -2.46. The first-order valence-electron chi connectivity index (χ1n) is 11.3. The molecule has 4 heteroatoms. The van der Waals surface area contributed by atoms with Crippen LogP contribution >= 0.6 is 31.9 Å². The highest BCUT2D eigenvalue weighted by Gasteiger charge is 2.52.